The highest BCUT2D eigenvalue weighted by molar-refractivity contribution is 7.07. The molecule has 3 rings (SSSR count). The summed E-state index contributed by atoms with van der Waals surface area (Å²) in [7, 11) is 0. The zero-order chi connectivity index (χ0) is 11.8. The molecule has 0 spiro atoms. The Morgan fingerprint density at radius 3 is 2.76 bits per heavy atom. The first-order valence-electron chi connectivity index (χ1n) is 5.72. The lowest BCUT2D eigenvalue weighted by Crippen LogP contribution is -2.29. The SMILES string of the molecule is Cc1ccc(/C=c2\sc3n(c2=O)CCC=3)cc1. The minimum atomic E-state index is 0.152. The maximum Gasteiger partial charge on any atom is 0.269 e. The Morgan fingerprint density at radius 2 is 2.06 bits per heavy atom. The number of aryl methyl sites for hydroxylation is 1. The molecule has 3 heteroatoms. The van der Waals surface area contributed by atoms with Crippen LogP contribution in [0.25, 0.3) is 12.2 Å². The lowest BCUT2D eigenvalue weighted by atomic mass is 10.1. The largest absolute Gasteiger partial charge is 0.299 e. The quantitative estimate of drug-likeness (QED) is 0.738. The van der Waals surface area contributed by atoms with Crippen molar-refractivity contribution < 1.29 is 0 Å². The zero-order valence-electron chi connectivity index (χ0n) is 9.64. The van der Waals surface area contributed by atoms with Crippen molar-refractivity contribution in [2.24, 2.45) is 0 Å². The van der Waals surface area contributed by atoms with Crippen molar-refractivity contribution in [1.29, 1.82) is 0 Å². The van der Waals surface area contributed by atoms with Gasteiger partial charge in [-0.15, -0.1) is 11.3 Å². The molecule has 0 radical (unpaired) electrons. The third kappa shape index (κ3) is 1.87. The Hall–Kier alpha value is -1.61. The van der Waals surface area contributed by atoms with E-state index in [9.17, 15) is 4.79 Å². The van der Waals surface area contributed by atoms with Gasteiger partial charge in [-0.1, -0.05) is 29.8 Å². The first kappa shape index (κ1) is 10.5. The molecule has 0 atom stereocenters. The van der Waals surface area contributed by atoms with Gasteiger partial charge in [-0.3, -0.25) is 9.36 Å². The normalized spacial score (nSPS) is 14.8. The number of thiazole rings is 1. The summed E-state index contributed by atoms with van der Waals surface area (Å²) >= 11 is 1.59. The highest BCUT2D eigenvalue weighted by atomic mass is 32.1. The molecule has 0 bridgehead atoms. The Bertz CT molecular complexity index is 719. The monoisotopic (exact) mass is 243 g/mol. The van der Waals surface area contributed by atoms with Gasteiger partial charge in [0.2, 0.25) is 0 Å². The first-order valence-corrected chi connectivity index (χ1v) is 6.54. The van der Waals surface area contributed by atoms with E-state index in [1.54, 1.807) is 11.3 Å². The third-order valence-corrected chi connectivity index (χ3v) is 4.09. The van der Waals surface area contributed by atoms with Crippen LogP contribution in [0.1, 0.15) is 17.5 Å². The fourth-order valence-electron chi connectivity index (χ4n) is 2.03. The number of nitrogens with zero attached hydrogens (tertiary/aromatic N) is 1. The topological polar surface area (TPSA) is 22.0 Å². The van der Waals surface area contributed by atoms with Gasteiger partial charge in [-0.25, -0.2) is 0 Å². The van der Waals surface area contributed by atoms with E-state index in [1.807, 2.05) is 22.8 Å². The molecule has 0 fully saturated rings. The predicted octanol–water partition coefficient (Wildman–Crippen LogP) is 1.23. The number of hydrogen-bond donors (Lipinski definition) is 0. The Balaban J connectivity index is 2.17. The van der Waals surface area contributed by atoms with Crippen LogP contribution in [-0.4, -0.2) is 4.57 Å². The Labute approximate surface area is 103 Å². The van der Waals surface area contributed by atoms with E-state index >= 15 is 0 Å². The van der Waals surface area contributed by atoms with Crippen LogP contribution in [0.3, 0.4) is 0 Å². The second kappa shape index (κ2) is 4.00. The molecule has 1 aliphatic heterocycles. The predicted molar refractivity (Wildman–Crippen MR) is 71.7 cm³/mol. The third-order valence-electron chi connectivity index (χ3n) is 2.98. The van der Waals surface area contributed by atoms with E-state index in [2.05, 4.69) is 25.1 Å². The van der Waals surface area contributed by atoms with Crippen molar-refractivity contribution in [2.75, 3.05) is 0 Å². The number of rotatable bonds is 1. The van der Waals surface area contributed by atoms with Crippen molar-refractivity contribution in [3.05, 3.63) is 54.9 Å². The van der Waals surface area contributed by atoms with Crippen LogP contribution in [0.2, 0.25) is 0 Å². The van der Waals surface area contributed by atoms with E-state index in [-0.39, 0.29) is 5.56 Å². The summed E-state index contributed by atoms with van der Waals surface area (Å²) in [6, 6.07) is 8.23. The molecule has 1 aromatic carbocycles. The Kier molecular flexibility index (Phi) is 2.48. The van der Waals surface area contributed by atoms with Gasteiger partial charge < -0.3 is 0 Å². The van der Waals surface area contributed by atoms with Gasteiger partial charge in [0.25, 0.3) is 5.56 Å². The molecule has 86 valence electrons. The van der Waals surface area contributed by atoms with Gasteiger partial charge >= 0.3 is 0 Å². The maximum absolute atomic E-state index is 12.1. The maximum atomic E-state index is 12.1. The highest BCUT2D eigenvalue weighted by Gasteiger charge is 2.07. The first-order chi connectivity index (χ1) is 8.24. The van der Waals surface area contributed by atoms with Crippen molar-refractivity contribution in [3.63, 3.8) is 0 Å². The summed E-state index contributed by atoms with van der Waals surface area (Å²) in [6.45, 7) is 2.90. The standard InChI is InChI=1S/C14H13NOS/c1-10-4-6-11(7-5-10)9-12-14(16)15-8-2-3-13(15)17-12/h3-7,9H,2,8H2,1H3/b12-9-. The van der Waals surface area contributed by atoms with Crippen molar-refractivity contribution in [2.45, 2.75) is 19.9 Å². The van der Waals surface area contributed by atoms with Gasteiger partial charge in [-0.2, -0.15) is 0 Å². The summed E-state index contributed by atoms with van der Waals surface area (Å²) in [6.07, 6.45) is 5.11. The summed E-state index contributed by atoms with van der Waals surface area (Å²) in [5.74, 6) is 0. The van der Waals surface area contributed by atoms with Crippen LogP contribution in [0.5, 0.6) is 0 Å². The molecule has 0 saturated carbocycles. The van der Waals surface area contributed by atoms with Crippen LogP contribution < -0.4 is 14.8 Å². The Morgan fingerprint density at radius 1 is 1.29 bits per heavy atom. The molecule has 0 unspecified atom stereocenters. The van der Waals surface area contributed by atoms with Gasteiger partial charge in [0.15, 0.2) is 0 Å². The summed E-state index contributed by atoms with van der Waals surface area (Å²) in [4.78, 5) is 12.1. The van der Waals surface area contributed by atoms with E-state index in [0.717, 1.165) is 27.7 Å². The molecular formula is C14H13NOS. The minimum absolute atomic E-state index is 0.152. The lowest BCUT2D eigenvalue weighted by molar-refractivity contribution is 0.723. The van der Waals surface area contributed by atoms with Crippen LogP contribution in [0.15, 0.2) is 29.1 Å². The fraction of sp³-hybridized carbons (Fsp3) is 0.214. The molecule has 0 amide bonds. The van der Waals surface area contributed by atoms with Gasteiger partial charge in [-0.05, 0) is 31.1 Å². The summed E-state index contributed by atoms with van der Waals surface area (Å²) in [5.41, 5.74) is 2.48. The molecule has 0 aliphatic carbocycles. The van der Waals surface area contributed by atoms with E-state index < -0.39 is 0 Å². The number of fused-ring (bicyclic) bond motifs is 1. The molecule has 1 aromatic heterocycles. The highest BCUT2D eigenvalue weighted by Crippen LogP contribution is 2.03. The fourth-order valence-corrected chi connectivity index (χ4v) is 3.13. The van der Waals surface area contributed by atoms with E-state index in [0.29, 0.717) is 0 Å². The molecule has 2 heterocycles. The van der Waals surface area contributed by atoms with Crippen molar-refractivity contribution in [1.82, 2.24) is 4.57 Å². The molecule has 17 heavy (non-hydrogen) atoms. The zero-order valence-corrected chi connectivity index (χ0v) is 10.5. The molecule has 2 aromatic rings. The summed E-state index contributed by atoms with van der Waals surface area (Å²) in [5, 5.41) is 0. The van der Waals surface area contributed by atoms with E-state index in [4.69, 9.17) is 0 Å². The van der Waals surface area contributed by atoms with Crippen molar-refractivity contribution in [3.8, 4) is 0 Å². The average molecular weight is 243 g/mol. The molecular weight excluding hydrogens is 230 g/mol. The number of aromatic nitrogens is 1. The number of hydrogen-bond acceptors (Lipinski definition) is 2. The van der Waals surface area contributed by atoms with Gasteiger partial charge in [0.05, 0.1) is 9.20 Å². The molecule has 0 saturated heterocycles. The van der Waals surface area contributed by atoms with Crippen LogP contribution >= 0.6 is 11.3 Å². The second-order valence-corrected chi connectivity index (χ2v) is 5.37. The van der Waals surface area contributed by atoms with Gasteiger partial charge in [0, 0.05) is 6.54 Å². The van der Waals surface area contributed by atoms with Gasteiger partial charge in [0.1, 0.15) is 0 Å². The molecule has 2 nitrogen and oxygen atoms in total. The molecule has 0 N–H and O–H groups in total. The van der Waals surface area contributed by atoms with Crippen molar-refractivity contribution >= 4 is 23.5 Å². The van der Waals surface area contributed by atoms with Crippen LogP contribution in [0, 0.1) is 6.92 Å². The van der Waals surface area contributed by atoms with Crippen LogP contribution in [0.4, 0.5) is 0 Å². The molecule has 1 aliphatic rings. The lowest BCUT2D eigenvalue weighted by Gasteiger charge is -1.93. The average Bonchev–Trinajstić information content (AvgIpc) is 2.87. The number of benzene rings is 1. The van der Waals surface area contributed by atoms with E-state index in [1.165, 1.54) is 5.56 Å². The smallest absolute Gasteiger partial charge is 0.269 e. The second-order valence-electron chi connectivity index (χ2n) is 4.31. The van der Waals surface area contributed by atoms with Crippen LogP contribution in [-0.2, 0) is 6.54 Å². The summed E-state index contributed by atoms with van der Waals surface area (Å²) < 4.78 is 3.80. The minimum Gasteiger partial charge on any atom is -0.299 e.